The van der Waals surface area contributed by atoms with Gasteiger partial charge in [-0.1, -0.05) is 0 Å². The second-order valence-electron chi connectivity index (χ2n) is 7.12. The number of nitrogens with zero attached hydrogens (tertiary/aromatic N) is 5. The fourth-order valence-corrected chi connectivity index (χ4v) is 4.15. The third kappa shape index (κ3) is 4.03. The molecule has 152 valence electrons. The third-order valence-electron chi connectivity index (χ3n) is 4.78. The van der Waals surface area contributed by atoms with E-state index in [0.717, 1.165) is 11.2 Å². The van der Waals surface area contributed by atoms with Crippen molar-refractivity contribution in [1.82, 2.24) is 24.8 Å². The van der Waals surface area contributed by atoms with Crippen molar-refractivity contribution in [1.29, 1.82) is 0 Å². The Bertz CT molecular complexity index is 1050. The summed E-state index contributed by atoms with van der Waals surface area (Å²) < 4.78 is 19.3. The van der Waals surface area contributed by atoms with Crippen LogP contribution < -0.4 is 5.32 Å². The molecule has 1 saturated heterocycles. The summed E-state index contributed by atoms with van der Waals surface area (Å²) in [7, 11) is 1.66. The first-order valence-corrected chi connectivity index (χ1v) is 10.1. The number of rotatable bonds is 6. The summed E-state index contributed by atoms with van der Waals surface area (Å²) >= 11 is 1.40. The van der Waals surface area contributed by atoms with Crippen molar-refractivity contribution >= 4 is 33.5 Å². The molecule has 0 saturated carbocycles. The molecule has 4 rings (SSSR count). The number of amides is 1. The molecule has 0 aliphatic carbocycles. The fourth-order valence-electron chi connectivity index (χ4n) is 3.31. The van der Waals surface area contributed by atoms with Gasteiger partial charge in [0, 0.05) is 32.3 Å². The molecule has 3 aromatic rings. The topological polar surface area (TPSA) is 93.1 Å². The van der Waals surface area contributed by atoms with Crippen LogP contribution in [0.25, 0.3) is 10.3 Å². The van der Waals surface area contributed by atoms with Crippen LogP contribution in [0, 0.1) is 18.7 Å². The number of halogens is 1. The van der Waals surface area contributed by atoms with Gasteiger partial charge in [-0.3, -0.25) is 9.78 Å². The van der Waals surface area contributed by atoms with Crippen LogP contribution in [0.3, 0.4) is 0 Å². The monoisotopic (exact) mass is 416 g/mol. The highest BCUT2D eigenvalue weighted by atomic mass is 32.1. The van der Waals surface area contributed by atoms with Gasteiger partial charge in [0.25, 0.3) is 5.91 Å². The highest BCUT2D eigenvalue weighted by Gasteiger charge is 2.33. The molecule has 3 aromatic heterocycles. The molecule has 1 aliphatic rings. The van der Waals surface area contributed by atoms with Crippen LogP contribution in [0.2, 0.25) is 0 Å². The minimum atomic E-state index is -0.415. The van der Waals surface area contributed by atoms with Gasteiger partial charge in [0.05, 0.1) is 23.9 Å². The predicted molar refractivity (Wildman–Crippen MR) is 107 cm³/mol. The number of thiazole rings is 1. The summed E-state index contributed by atoms with van der Waals surface area (Å²) in [6.07, 6.45) is 2.73. The fraction of sp³-hybridized carbons (Fsp3) is 0.421. The number of fused-ring (bicyclic) bond motifs is 1. The van der Waals surface area contributed by atoms with Gasteiger partial charge in [0.15, 0.2) is 11.3 Å². The van der Waals surface area contributed by atoms with E-state index in [1.807, 2.05) is 13.8 Å². The zero-order chi connectivity index (χ0) is 20.5. The van der Waals surface area contributed by atoms with Crippen molar-refractivity contribution in [2.45, 2.75) is 19.9 Å². The summed E-state index contributed by atoms with van der Waals surface area (Å²) in [6.45, 7) is 5.64. The van der Waals surface area contributed by atoms with Gasteiger partial charge >= 0.3 is 0 Å². The largest absolute Gasteiger partial charge is 0.384 e. The van der Waals surface area contributed by atoms with E-state index in [9.17, 15) is 9.18 Å². The van der Waals surface area contributed by atoms with Crippen LogP contribution in [0.15, 0.2) is 18.5 Å². The standard InChI is InChI=1S/C19H21FN6O2S/c1-10(13-4-14(20)6-21-5-13)22-19-24-15(16-17(25-19)23-11(2)29-16)18(27)26-7-12(8-26)9-28-3/h4-6,10,12H,7-9H2,1-3H3,(H,22,24,25)/t10-/m0/s1. The van der Waals surface area contributed by atoms with E-state index in [4.69, 9.17) is 4.74 Å². The highest BCUT2D eigenvalue weighted by Crippen LogP contribution is 2.28. The Morgan fingerprint density at radius 3 is 2.90 bits per heavy atom. The molecular weight excluding hydrogens is 395 g/mol. The molecule has 1 N–H and O–H groups in total. The smallest absolute Gasteiger partial charge is 0.274 e. The van der Waals surface area contributed by atoms with Gasteiger partial charge in [-0.05, 0) is 25.5 Å². The Kier molecular flexibility index (Phi) is 5.37. The number of likely N-dealkylation sites (tertiary alicyclic amines) is 1. The number of carbonyl (C=O) groups is 1. The molecule has 0 unspecified atom stereocenters. The van der Waals surface area contributed by atoms with E-state index < -0.39 is 5.82 Å². The van der Waals surface area contributed by atoms with Crippen molar-refractivity contribution < 1.29 is 13.9 Å². The maximum Gasteiger partial charge on any atom is 0.274 e. The number of pyridine rings is 1. The van der Waals surface area contributed by atoms with Gasteiger partial charge in [-0.25, -0.2) is 14.4 Å². The lowest BCUT2D eigenvalue weighted by molar-refractivity contribution is 0.0267. The highest BCUT2D eigenvalue weighted by molar-refractivity contribution is 7.18. The number of nitrogens with one attached hydrogen (secondary N) is 1. The van der Waals surface area contributed by atoms with Gasteiger partial charge in [0.2, 0.25) is 5.95 Å². The Morgan fingerprint density at radius 1 is 1.38 bits per heavy atom. The molecule has 1 amide bonds. The summed E-state index contributed by atoms with van der Waals surface area (Å²) in [4.78, 5) is 32.0. The molecule has 1 atom stereocenters. The van der Waals surface area contributed by atoms with Crippen LogP contribution in [0.1, 0.15) is 34.0 Å². The maximum atomic E-state index is 13.5. The summed E-state index contributed by atoms with van der Waals surface area (Å²) in [6, 6.07) is 1.10. The zero-order valence-corrected chi connectivity index (χ0v) is 17.2. The van der Waals surface area contributed by atoms with Gasteiger partial charge in [-0.2, -0.15) is 4.98 Å². The molecule has 1 fully saturated rings. The van der Waals surface area contributed by atoms with E-state index >= 15 is 0 Å². The second kappa shape index (κ2) is 7.96. The average Bonchev–Trinajstić information content (AvgIpc) is 3.03. The maximum absolute atomic E-state index is 13.5. The molecule has 1 aliphatic heterocycles. The summed E-state index contributed by atoms with van der Waals surface area (Å²) in [5.41, 5.74) is 1.47. The first kappa shape index (κ1) is 19.6. The van der Waals surface area contributed by atoms with E-state index in [1.54, 1.807) is 18.2 Å². The molecule has 8 nitrogen and oxygen atoms in total. The lowest BCUT2D eigenvalue weighted by atomic mass is 10.0. The Morgan fingerprint density at radius 2 is 2.17 bits per heavy atom. The number of anilines is 1. The number of carbonyl (C=O) groups excluding carboxylic acids is 1. The van der Waals surface area contributed by atoms with Crippen molar-refractivity contribution in [3.05, 3.63) is 40.5 Å². The van der Waals surface area contributed by atoms with Crippen LogP contribution in [0.5, 0.6) is 0 Å². The minimum absolute atomic E-state index is 0.142. The quantitative estimate of drug-likeness (QED) is 0.660. The molecule has 4 heterocycles. The van der Waals surface area contributed by atoms with Gasteiger partial charge in [-0.15, -0.1) is 11.3 Å². The Balaban J connectivity index is 1.61. The first-order chi connectivity index (χ1) is 13.9. The Labute approximate surface area is 171 Å². The van der Waals surface area contributed by atoms with Gasteiger partial charge in [0.1, 0.15) is 10.5 Å². The second-order valence-corrected chi connectivity index (χ2v) is 8.32. The summed E-state index contributed by atoms with van der Waals surface area (Å²) in [5, 5.41) is 3.94. The molecule has 0 radical (unpaired) electrons. The number of hydrogen-bond donors (Lipinski definition) is 1. The van der Waals surface area contributed by atoms with E-state index in [1.165, 1.54) is 17.4 Å². The predicted octanol–water partition coefficient (Wildman–Crippen LogP) is 2.82. The van der Waals surface area contributed by atoms with Crippen LogP contribution >= 0.6 is 11.3 Å². The first-order valence-electron chi connectivity index (χ1n) is 9.25. The van der Waals surface area contributed by atoms with Crippen molar-refractivity contribution in [2.75, 3.05) is 32.1 Å². The van der Waals surface area contributed by atoms with E-state index in [0.29, 0.717) is 47.2 Å². The van der Waals surface area contributed by atoms with Crippen molar-refractivity contribution in [2.24, 2.45) is 5.92 Å². The molecule has 10 heteroatoms. The van der Waals surface area contributed by atoms with E-state index in [-0.39, 0.29) is 17.9 Å². The van der Waals surface area contributed by atoms with Gasteiger partial charge < -0.3 is 15.0 Å². The number of hydrogen-bond acceptors (Lipinski definition) is 8. The van der Waals surface area contributed by atoms with Crippen molar-refractivity contribution in [3.8, 4) is 0 Å². The van der Waals surface area contributed by atoms with E-state index in [2.05, 4.69) is 25.3 Å². The third-order valence-corrected chi connectivity index (χ3v) is 5.75. The lowest BCUT2D eigenvalue weighted by Crippen LogP contribution is -2.51. The number of ether oxygens (including phenoxy) is 1. The van der Waals surface area contributed by atoms with Crippen molar-refractivity contribution in [3.63, 3.8) is 0 Å². The molecule has 0 spiro atoms. The Hall–Kier alpha value is -2.72. The molecular formula is C19H21FN6O2S. The van der Waals surface area contributed by atoms with Crippen LogP contribution in [-0.2, 0) is 4.74 Å². The lowest BCUT2D eigenvalue weighted by Gasteiger charge is -2.38. The average molecular weight is 416 g/mol. The number of aromatic nitrogens is 4. The molecule has 0 aromatic carbocycles. The van der Waals surface area contributed by atoms with Crippen LogP contribution in [-0.4, -0.2) is 57.5 Å². The molecule has 29 heavy (non-hydrogen) atoms. The minimum Gasteiger partial charge on any atom is -0.384 e. The normalized spacial score (nSPS) is 15.4. The number of aryl methyl sites for hydroxylation is 1. The summed E-state index contributed by atoms with van der Waals surface area (Å²) in [5.74, 6) is 0.0675. The zero-order valence-electron chi connectivity index (χ0n) is 16.3. The van der Waals surface area contributed by atoms with Crippen LogP contribution in [0.4, 0.5) is 10.3 Å². The SMILES string of the molecule is COCC1CN(C(=O)c2nc(N[C@@H](C)c3cncc(F)c3)nc3nc(C)sc23)C1. The molecule has 0 bridgehead atoms. The number of methoxy groups -OCH3 is 1.